The molecule has 0 bridgehead atoms. The van der Waals surface area contributed by atoms with Crippen molar-refractivity contribution in [1.82, 2.24) is 19.6 Å². The molecule has 2 heterocycles. The second kappa shape index (κ2) is 5.52. The molecular weight excluding hydrogens is 322 g/mol. The number of rotatable bonds is 2. The van der Waals surface area contributed by atoms with Crippen LogP contribution in [0.15, 0.2) is 67.0 Å². The van der Waals surface area contributed by atoms with E-state index in [9.17, 15) is 0 Å². The Balaban J connectivity index is 1.67. The molecule has 0 N–H and O–H groups in total. The highest BCUT2D eigenvalue weighted by atomic mass is 15.4. The first-order valence-corrected chi connectivity index (χ1v) is 8.53. The standard InChI is InChI=1S/C21H17N5/c1-14-9-20(26-21(24-14)22-13-23-26)25(2)19-8-7-17-10-15-5-3-4-6-16(15)11-18(17)12-19/h3-13H,1-2H3. The zero-order valence-corrected chi connectivity index (χ0v) is 14.6. The summed E-state index contributed by atoms with van der Waals surface area (Å²) in [5, 5.41) is 9.27. The molecule has 0 saturated carbocycles. The first-order valence-electron chi connectivity index (χ1n) is 8.53. The molecule has 0 atom stereocenters. The number of nitrogens with zero attached hydrogens (tertiary/aromatic N) is 5. The minimum Gasteiger partial charge on any atom is -0.329 e. The van der Waals surface area contributed by atoms with Crippen molar-refractivity contribution in [2.75, 3.05) is 11.9 Å². The summed E-state index contributed by atoms with van der Waals surface area (Å²) in [7, 11) is 2.04. The van der Waals surface area contributed by atoms with Gasteiger partial charge in [0.2, 0.25) is 0 Å². The average molecular weight is 339 g/mol. The van der Waals surface area contributed by atoms with E-state index in [2.05, 4.69) is 74.6 Å². The van der Waals surface area contributed by atoms with Crippen LogP contribution in [0.4, 0.5) is 11.5 Å². The van der Waals surface area contributed by atoms with E-state index in [0.29, 0.717) is 5.78 Å². The monoisotopic (exact) mass is 339 g/mol. The Labute approximate surface area is 150 Å². The Bertz CT molecular complexity index is 1270. The Kier molecular flexibility index (Phi) is 3.15. The van der Waals surface area contributed by atoms with E-state index in [1.54, 1.807) is 4.52 Å². The fourth-order valence-electron chi connectivity index (χ4n) is 3.42. The van der Waals surface area contributed by atoms with Gasteiger partial charge in [-0.25, -0.2) is 4.98 Å². The molecule has 5 heteroatoms. The molecule has 26 heavy (non-hydrogen) atoms. The number of benzene rings is 3. The molecule has 3 aromatic carbocycles. The lowest BCUT2D eigenvalue weighted by Crippen LogP contribution is -2.15. The van der Waals surface area contributed by atoms with Crippen LogP contribution >= 0.6 is 0 Å². The zero-order chi connectivity index (χ0) is 17.7. The SMILES string of the molecule is Cc1cc(N(C)c2ccc3cc4ccccc4cc3c2)n2ncnc2n1. The third-order valence-electron chi connectivity index (χ3n) is 4.78. The lowest BCUT2D eigenvalue weighted by atomic mass is 10.0. The van der Waals surface area contributed by atoms with Crippen molar-refractivity contribution in [2.24, 2.45) is 0 Å². The van der Waals surface area contributed by atoms with E-state index in [4.69, 9.17) is 0 Å². The van der Waals surface area contributed by atoms with Gasteiger partial charge in [-0.1, -0.05) is 30.3 Å². The van der Waals surface area contributed by atoms with Crippen molar-refractivity contribution in [1.29, 1.82) is 0 Å². The van der Waals surface area contributed by atoms with Crippen molar-refractivity contribution in [3.8, 4) is 0 Å². The van der Waals surface area contributed by atoms with Gasteiger partial charge in [-0.05, 0) is 52.7 Å². The summed E-state index contributed by atoms with van der Waals surface area (Å²) in [5.74, 6) is 1.55. The van der Waals surface area contributed by atoms with Gasteiger partial charge in [0, 0.05) is 24.5 Å². The second-order valence-corrected chi connectivity index (χ2v) is 6.52. The maximum absolute atomic E-state index is 4.42. The molecule has 0 aliphatic carbocycles. The summed E-state index contributed by atoms with van der Waals surface area (Å²) in [4.78, 5) is 10.7. The summed E-state index contributed by atoms with van der Waals surface area (Å²) in [5.41, 5.74) is 2.01. The van der Waals surface area contributed by atoms with Crippen molar-refractivity contribution < 1.29 is 0 Å². The van der Waals surface area contributed by atoms with E-state index < -0.39 is 0 Å². The summed E-state index contributed by atoms with van der Waals surface area (Å²) in [6, 6.07) is 21.5. The van der Waals surface area contributed by atoms with Gasteiger partial charge < -0.3 is 4.90 Å². The van der Waals surface area contributed by atoms with E-state index in [1.165, 1.54) is 27.9 Å². The van der Waals surface area contributed by atoms with Crippen LogP contribution in [0.2, 0.25) is 0 Å². The molecule has 2 aromatic heterocycles. The van der Waals surface area contributed by atoms with E-state index >= 15 is 0 Å². The second-order valence-electron chi connectivity index (χ2n) is 6.52. The molecule has 0 amide bonds. The molecule has 0 aliphatic rings. The molecule has 126 valence electrons. The highest BCUT2D eigenvalue weighted by Crippen LogP contribution is 2.29. The maximum Gasteiger partial charge on any atom is 0.254 e. The van der Waals surface area contributed by atoms with Gasteiger partial charge in [0.05, 0.1) is 0 Å². The van der Waals surface area contributed by atoms with Gasteiger partial charge in [-0.15, -0.1) is 0 Å². The van der Waals surface area contributed by atoms with Crippen LogP contribution in [0.5, 0.6) is 0 Å². The van der Waals surface area contributed by atoms with Crippen molar-refractivity contribution in [3.63, 3.8) is 0 Å². The third kappa shape index (κ3) is 2.29. The quantitative estimate of drug-likeness (QED) is 0.444. The van der Waals surface area contributed by atoms with Crippen LogP contribution in [0.3, 0.4) is 0 Å². The Hall–Kier alpha value is -3.47. The lowest BCUT2D eigenvalue weighted by molar-refractivity contribution is 0.903. The summed E-state index contributed by atoms with van der Waals surface area (Å²) in [6.07, 6.45) is 1.53. The normalized spacial score (nSPS) is 11.5. The summed E-state index contributed by atoms with van der Waals surface area (Å²) < 4.78 is 1.76. The maximum atomic E-state index is 4.42. The minimum atomic E-state index is 0.610. The predicted molar refractivity (Wildman–Crippen MR) is 105 cm³/mol. The fraction of sp³-hybridized carbons (Fsp3) is 0.0952. The van der Waals surface area contributed by atoms with E-state index in [-0.39, 0.29) is 0 Å². The number of hydrogen-bond acceptors (Lipinski definition) is 4. The molecule has 0 aliphatic heterocycles. The summed E-state index contributed by atoms with van der Waals surface area (Å²) >= 11 is 0. The van der Waals surface area contributed by atoms with Gasteiger partial charge >= 0.3 is 0 Å². The Morgan fingerprint density at radius 1 is 0.846 bits per heavy atom. The Morgan fingerprint density at radius 2 is 1.58 bits per heavy atom. The van der Waals surface area contributed by atoms with Crippen LogP contribution in [0.25, 0.3) is 27.3 Å². The van der Waals surface area contributed by atoms with Gasteiger partial charge in [-0.3, -0.25) is 0 Å². The topological polar surface area (TPSA) is 46.3 Å². The van der Waals surface area contributed by atoms with Crippen molar-refractivity contribution in [2.45, 2.75) is 6.92 Å². The van der Waals surface area contributed by atoms with Crippen molar-refractivity contribution >= 4 is 38.8 Å². The van der Waals surface area contributed by atoms with Crippen molar-refractivity contribution in [3.05, 3.63) is 72.7 Å². The highest BCUT2D eigenvalue weighted by molar-refractivity contribution is 5.99. The molecule has 5 aromatic rings. The highest BCUT2D eigenvalue weighted by Gasteiger charge is 2.12. The van der Waals surface area contributed by atoms with Gasteiger partial charge in [0.1, 0.15) is 12.1 Å². The zero-order valence-electron chi connectivity index (χ0n) is 14.6. The smallest absolute Gasteiger partial charge is 0.254 e. The minimum absolute atomic E-state index is 0.610. The van der Waals surface area contributed by atoms with E-state index in [0.717, 1.165) is 17.2 Å². The first-order chi connectivity index (χ1) is 12.7. The average Bonchev–Trinajstić information content (AvgIpc) is 3.13. The summed E-state index contributed by atoms with van der Waals surface area (Å²) in [6.45, 7) is 1.97. The predicted octanol–water partition coefficient (Wildman–Crippen LogP) is 4.51. The van der Waals surface area contributed by atoms with Crippen LogP contribution in [0, 0.1) is 6.92 Å². The lowest BCUT2D eigenvalue weighted by Gasteiger charge is -2.20. The van der Waals surface area contributed by atoms with Gasteiger partial charge in [-0.2, -0.15) is 14.6 Å². The largest absolute Gasteiger partial charge is 0.329 e. The molecular formula is C21H17N5. The third-order valence-corrected chi connectivity index (χ3v) is 4.78. The van der Waals surface area contributed by atoms with Crippen LogP contribution in [-0.2, 0) is 0 Å². The number of anilines is 2. The van der Waals surface area contributed by atoms with Gasteiger partial charge in [0.25, 0.3) is 5.78 Å². The molecule has 0 spiro atoms. The van der Waals surface area contributed by atoms with Crippen LogP contribution in [0.1, 0.15) is 5.69 Å². The first kappa shape index (κ1) is 14.8. The molecule has 0 saturated heterocycles. The van der Waals surface area contributed by atoms with Crippen LogP contribution < -0.4 is 4.90 Å². The molecule has 0 fully saturated rings. The van der Waals surface area contributed by atoms with E-state index in [1.807, 2.05) is 20.0 Å². The van der Waals surface area contributed by atoms with Crippen LogP contribution in [-0.4, -0.2) is 26.6 Å². The number of aryl methyl sites for hydroxylation is 1. The number of fused-ring (bicyclic) bond motifs is 3. The molecule has 5 rings (SSSR count). The molecule has 5 nitrogen and oxygen atoms in total. The number of hydrogen-bond donors (Lipinski definition) is 0. The Morgan fingerprint density at radius 3 is 2.38 bits per heavy atom. The molecule has 0 unspecified atom stereocenters. The molecule has 0 radical (unpaired) electrons. The fourth-order valence-corrected chi connectivity index (χ4v) is 3.42. The number of aromatic nitrogens is 4. The van der Waals surface area contributed by atoms with Gasteiger partial charge in [0.15, 0.2) is 0 Å².